The zero-order valence-corrected chi connectivity index (χ0v) is 12.5. The number of carbonyl (C=O) groups excluding carboxylic acids is 1. The molecule has 0 fully saturated rings. The first kappa shape index (κ1) is 14.1. The van der Waals surface area contributed by atoms with Crippen molar-refractivity contribution in [3.8, 4) is 11.4 Å². The molecule has 0 radical (unpaired) electrons. The highest BCUT2D eigenvalue weighted by Crippen LogP contribution is 2.23. The largest absolute Gasteiger partial charge is 0.365 e. The highest BCUT2D eigenvalue weighted by molar-refractivity contribution is 7.17. The van der Waals surface area contributed by atoms with E-state index in [9.17, 15) is 4.79 Å². The summed E-state index contributed by atoms with van der Waals surface area (Å²) >= 11 is 1.17. The summed E-state index contributed by atoms with van der Waals surface area (Å²) in [5, 5.41) is 3.59. The van der Waals surface area contributed by atoms with Gasteiger partial charge in [-0.25, -0.2) is 15.0 Å². The van der Waals surface area contributed by atoms with Gasteiger partial charge in [-0.3, -0.25) is 9.78 Å². The summed E-state index contributed by atoms with van der Waals surface area (Å²) in [6.07, 6.45) is 3.14. The van der Waals surface area contributed by atoms with Crippen LogP contribution in [0.1, 0.15) is 15.5 Å². The SMILES string of the molecule is Cc1nc(Nc2ncc(C(N)=O)s2)cc(-c2ccccn2)n1. The highest BCUT2D eigenvalue weighted by atomic mass is 32.1. The highest BCUT2D eigenvalue weighted by Gasteiger charge is 2.09. The zero-order chi connectivity index (χ0) is 15.5. The predicted octanol–water partition coefficient (Wildman–Crippen LogP) is 2.15. The quantitative estimate of drug-likeness (QED) is 0.764. The second-order valence-corrected chi connectivity index (χ2v) is 5.45. The number of nitrogens with zero attached hydrogens (tertiary/aromatic N) is 4. The summed E-state index contributed by atoms with van der Waals surface area (Å²) in [7, 11) is 0. The number of aromatic nitrogens is 4. The lowest BCUT2D eigenvalue weighted by molar-refractivity contribution is 0.100. The summed E-state index contributed by atoms with van der Waals surface area (Å²) < 4.78 is 0. The molecule has 0 bridgehead atoms. The Morgan fingerprint density at radius 2 is 2.09 bits per heavy atom. The molecule has 0 atom stereocenters. The molecule has 3 heterocycles. The van der Waals surface area contributed by atoms with Crippen molar-refractivity contribution in [1.82, 2.24) is 19.9 Å². The number of nitrogens with two attached hydrogens (primary N) is 1. The van der Waals surface area contributed by atoms with Gasteiger partial charge in [0.2, 0.25) is 0 Å². The van der Waals surface area contributed by atoms with Gasteiger partial charge in [-0.1, -0.05) is 17.4 Å². The Morgan fingerprint density at radius 3 is 2.77 bits per heavy atom. The fourth-order valence-electron chi connectivity index (χ4n) is 1.83. The Bertz CT molecular complexity index is 817. The van der Waals surface area contributed by atoms with Crippen LogP contribution >= 0.6 is 11.3 Å². The fourth-order valence-corrected chi connectivity index (χ4v) is 2.51. The molecule has 110 valence electrons. The summed E-state index contributed by atoms with van der Waals surface area (Å²) in [5.74, 6) is 0.689. The average Bonchev–Trinajstić information content (AvgIpc) is 2.96. The number of nitrogens with one attached hydrogen (secondary N) is 1. The molecule has 1 amide bonds. The second-order valence-electron chi connectivity index (χ2n) is 4.42. The number of amides is 1. The van der Waals surface area contributed by atoms with Gasteiger partial charge in [0.15, 0.2) is 5.13 Å². The summed E-state index contributed by atoms with van der Waals surface area (Å²) in [5.41, 5.74) is 6.68. The first-order chi connectivity index (χ1) is 10.6. The normalized spacial score (nSPS) is 10.4. The third-order valence-corrected chi connectivity index (χ3v) is 3.68. The van der Waals surface area contributed by atoms with E-state index in [2.05, 4.69) is 25.3 Å². The van der Waals surface area contributed by atoms with Crippen LogP contribution in [0.15, 0.2) is 36.7 Å². The van der Waals surface area contributed by atoms with E-state index in [1.54, 1.807) is 19.2 Å². The van der Waals surface area contributed by atoms with Gasteiger partial charge < -0.3 is 11.1 Å². The van der Waals surface area contributed by atoms with Crippen molar-refractivity contribution in [2.75, 3.05) is 5.32 Å². The van der Waals surface area contributed by atoms with E-state index in [4.69, 9.17) is 5.73 Å². The minimum absolute atomic E-state index is 0.387. The van der Waals surface area contributed by atoms with E-state index in [1.165, 1.54) is 17.5 Å². The van der Waals surface area contributed by atoms with E-state index in [0.717, 1.165) is 5.69 Å². The topological polar surface area (TPSA) is 107 Å². The van der Waals surface area contributed by atoms with Gasteiger partial charge in [0.05, 0.1) is 17.6 Å². The van der Waals surface area contributed by atoms with Crippen LogP contribution in [0.2, 0.25) is 0 Å². The van der Waals surface area contributed by atoms with E-state index in [0.29, 0.717) is 27.3 Å². The molecule has 3 rings (SSSR count). The molecule has 0 saturated heterocycles. The smallest absolute Gasteiger partial charge is 0.260 e. The molecule has 0 aliphatic carbocycles. The fraction of sp³-hybridized carbons (Fsp3) is 0.0714. The standard InChI is InChI=1S/C14H12N6OS/c1-8-18-10(9-4-2-3-5-16-9)6-12(19-8)20-14-17-7-11(22-14)13(15)21/h2-7H,1H3,(H2,15,21)(H,17,18,19,20). The molecule has 0 aliphatic rings. The molecule has 3 N–H and O–H groups in total. The molecule has 0 aliphatic heterocycles. The molecule has 7 nitrogen and oxygen atoms in total. The number of carbonyl (C=O) groups is 1. The van der Waals surface area contributed by atoms with Crippen molar-refractivity contribution in [1.29, 1.82) is 0 Å². The van der Waals surface area contributed by atoms with Crippen LogP contribution in [0.4, 0.5) is 10.9 Å². The molecule has 0 saturated carbocycles. The number of anilines is 2. The Hall–Kier alpha value is -2.87. The van der Waals surface area contributed by atoms with Crippen LogP contribution in [0.3, 0.4) is 0 Å². The lowest BCUT2D eigenvalue weighted by atomic mass is 10.2. The van der Waals surface area contributed by atoms with Crippen LogP contribution < -0.4 is 11.1 Å². The van der Waals surface area contributed by atoms with Crippen LogP contribution in [0.25, 0.3) is 11.4 Å². The third kappa shape index (κ3) is 3.07. The lowest BCUT2D eigenvalue weighted by Crippen LogP contribution is -2.08. The van der Waals surface area contributed by atoms with Crippen molar-refractivity contribution < 1.29 is 4.79 Å². The minimum atomic E-state index is -0.501. The molecule has 3 aromatic rings. The third-order valence-electron chi connectivity index (χ3n) is 2.75. The number of rotatable bonds is 4. The Labute approximate surface area is 130 Å². The maximum atomic E-state index is 11.1. The molecule has 0 aromatic carbocycles. The average molecular weight is 312 g/mol. The Kier molecular flexibility index (Phi) is 3.75. The molecule has 3 aromatic heterocycles. The van der Waals surface area contributed by atoms with Crippen molar-refractivity contribution in [3.05, 3.63) is 47.4 Å². The number of thiazole rings is 1. The molecular weight excluding hydrogens is 300 g/mol. The maximum Gasteiger partial charge on any atom is 0.260 e. The molecule has 22 heavy (non-hydrogen) atoms. The van der Waals surface area contributed by atoms with E-state index >= 15 is 0 Å². The number of pyridine rings is 1. The van der Waals surface area contributed by atoms with Gasteiger partial charge in [-0.15, -0.1) is 0 Å². The predicted molar refractivity (Wildman–Crippen MR) is 83.9 cm³/mol. The summed E-state index contributed by atoms with van der Waals surface area (Å²) in [6, 6.07) is 7.39. The monoisotopic (exact) mass is 312 g/mol. The van der Waals surface area contributed by atoms with Crippen LogP contribution in [0, 0.1) is 6.92 Å². The number of primary amides is 1. The second kappa shape index (κ2) is 5.86. The molecule has 8 heteroatoms. The van der Waals surface area contributed by atoms with Gasteiger partial charge in [-0.2, -0.15) is 0 Å². The van der Waals surface area contributed by atoms with Gasteiger partial charge in [0.25, 0.3) is 5.91 Å². The van der Waals surface area contributed by atoms with Gasteiger partial charge >= 0.3 is 0 Å². The first-order valence-corrected chi connectivity index (χ1v) is 7.23. The molecule has 0 spiro atoms. The van der Waals surface area contributed by atoms with Gasteiger partial charge in [-0.05, 0) is 19.1 Å². The van der Waals surface area contributed by atoms with E-state index in [-0.39, 0.29) is 0 Å². The minimum Gasteiger partial charge on any atom is -0.365 e. The van der Waals surface area contributed by atoms with E-state index in [1.807, 2.05) is 18.2 Å². The van der Waals surface area contributed by atoms with Crippen molar-refractivity contribution in [2.45, 2.75) is 6.92 Å². The van der Waals surface area contributed by atoms with Crippen LogP contribution in [0.5, 0.6) is 0 Å². The Balaban J connectivity index is 1.90. The van der Waals surface area contributed by atoms with Gasteiger partial charge in [0.1, 0.15) is 16.5 Å². The molecular formula is C14H12N6OS. The van der Waals surface area contributed by atoms with Gasteiger partial charge in [0, 0.05) is 12.3 Å². The van der Waals surface area contributed by atoms with Crippen molar-refractivity contribution in [3.63, 3.8) is 0 Å². The van der Waals surface area contributed by atoms with Crippen molar-refractivity contribution >= 4 is 28.2 Å². The zero-order valence-electron chi connectivity index (χ0n) is 11.6. The summed E-state index contributed by atoms with van der Waals surface area (Å²) in [6.45, 7) is 1.80. The number of aryl methyl sites for hydroxylation is 1. The lowest BCUT2D eigenvalue weighted by Gasteiger charge is -2.06. The molecule has 0 unspecified atom stereocenters. The van der Waals surface area contributed by atoms with Crippen molar-refractivity contribution in [2.24, 2.45) is 5.73 Å². The van der Waals surface area contributed by atoms with Crippen LogP contribution in [-0.2, 0) is 0 Å². The Morgan fingerprint density at radius 1 is 1.23 bits per heavy atom. The summed E-state index contributed by atoms with van der Waals surface area (Å²) in [4.78, 5) is 28.5. The van der Waals surface area contributed by atoms with Crippen LogP contribution in [-0.4, -0.2) is 25.8 Å². The number of hydrogen-bond acceptors (Lipinski definition) is 7. The first-order valence-electron chi connectivity index (χ1n) is 6.41. The number of hydrogen-bond donors (Lipinski definition) is 2. The van der Waals surface area contributed by atoms with E-state index < -0.39 is 5.91 Å². The maximum absolute atomic E-state index is 11.1.